The average molecular weight is 238 g/mol. The van der Waals surface area contributed by atoms with Gasteiger partial charge in [0.05, 0.1) is 6.54 Å². The Balaban J connectivity index is 1.80. The Labute approximate surface area is 100 Å². The molecule has 0 aromatic carbocycles. The highest BCUT2D eigenvalue weighted by molar-refractivity contribution is 5.75. The van der Waals surface area contributed by atoms with Gasteiger partial charge in [-0.05, 0) is 18.9 Å². The molecular formula is C11H18N4O2. The number of hydrogen-bond acceptors (Lipinski definition) is 5. The van der Waals surface area contributed by atoms with Gasteiger partial charge in [0.15, 0.2) is 5.82 Å². The number of nitrogens with zero attached hydrogens (tertiary/aromatic N) is 3. The highest BCUT2D eigenvalue weighted by Gasteiger charge is 2.25. The summed E-state index contributed by atoms with van der Waals surface area (Å²) in [6, 6.07) is 0. The van der Waals surface area contributed by atoms with E-state index in [1.165, 1.54) is 0 Å². The number of hydrogen-bond donors (Lipinski definition) is 1. The average Bonchev–Trinajstić information content (AvgIpc) is 2.89. The van der Waals surface area contributed by atoms with E-state index in [1.54, 1.807) is 14.0 Å². The molecule has 1 unspecified atom stereocenters. The number of nitrogens with one attached hydrogen (secondary N) is 1. The Morgan fingerprint density at radius 2 is 2.47 bits per heavy atom. The first-order valence-corrected chi connectivity index (χ1v) is 5.89. The van der Waals surface area contributed by atoms with Gasteiger partial charge in [-0.15, -0.1) is 0 Å². The van der Waals surface area contributed by atoms with Crippen LogP contribution in [0.25, 0.3) is 0 Å². The zero-order chi connectivity index (χ0) is 12.3. The monoisotopic (exact) mass is 238 g/mol. The number of aromatic nitrogens is 2. The van der Waals surface area contributed by atoms with Gasteiger partial charge in [-0.2, -0.15) is 4.98 Å². The highest BCUT2D eigenvalue weighted by Crippen LogP contribution is 2.20. The van der Waals surface area contributed by atoms with E-state index in [1.807, 2.05) is 0 Å². The van der Waals surface area contributed by atoms with Gasteiger partial charge in [-0.3, -0.25) is 9.69 Å². The predicted molar refractivity (Wildman–Crippen MR) is 61.1 cm³/mol. The van der Waals surface area contributed by atoms with Crippen LogP contribution in [-0.4, -0.2) is 41.1 Å². The van der Waals surface area contributed by atoms with Gasteiger partial charge in [-0.25, -0.2) is 0 Å². The van der Waals surface area contributed by atoms with Crippen LogP contribution in [0.15, 0.2) is 4.52 Å². The lowest BCUT2D eigenvalue weighted by atomic mass is 10.1. The summed E-state index contributed by atoms with van der Waals surface area (Å²) >= 11 is 0. The van der Waals surface area contributed by atoms with Crippen LogP contribution in [-0.2, 0) is 11.3 Å². The van der Waals surface area contributed by atoms with E-state index in [2.05, 4.69) is 20.4 Å². The number of aryl methyl sites for hydroxylation is 1. The van der Waals surface area contributed by atoms with Crippen LogP contribution < -0.4 is 5.32 Å². The van der Waals surface area contributed by atoms with Crippen molar-refractivity contribution in [2.45, 2.75) is 26.3 Å². The van der Waals surface area contributed by atoms with Crippen molar-refractivity contribution in [2.24, 2.45) is 5.92 Å². The molecule has 6 nitrogen and oxygen atoms in total. The number of likely N-dealkylation sites (tertiary alicyclic amines) is 1. The van der Waals surface area contributed by atoms with Crippen molar-refractivity contribution in [1.29, 1.82) is 0 Å². The summed E-state index contributed by atoms with van der Waals surface area (Å²) in [7, 11) is 1.68. The minimum absolute atomic E-state index is 0.118. The second-order valence-corrected chi connectivity index (χ2v) is 4.50. The Morgan fingerprint density at radius 3 is 3.12 bits per heavy atom. The van der Waals surface area contributed by atoms with Gasteiger partial charge in [-0.1, -0.05) is 5.16 Å². The van der Waals surface area contributed by atoms with E-state index < -0.39 is 0 Å². The summed E-state index contributed by atoms with van der Waals surface area (Å²) in [5, 5.41) is 6.54. The summed E-state index contributed by atoms with van der Waals surface area (Å²) in [6.07, 6.45) is 1.67. The molecule has 1 aliphatic rings. The van der Waals surface area contributed by atoms with E-state index in [0.29, 0.717) is 24.8 Å². The molecule has 6 heteroatoms. The predicted octanol–water partition coefficient (Wildman–Crippen LogP) is 0.336. The molecule has 0 spiro atoms. The first kappa shape index (κ1) is 12.0. The third-order valence-electron chi connectivity index (χ3n) is 3.06. The summed E-state index contributed by atoms with van der Waals surface area (Å²) in [5.41, 5.74) is 0. The van der Waals surface area contributed by atoms with Crippen molar-refractivity contribution < 1.29 is 9.32 Å². The molecule has 1 aromatic heterocycles. The number of carbonyl (C=O) groups is 1. The Morgan fingerprint density at radius 1 is 1.65 bits per heavy atom. The molecule has 17 heavy (non-hydrogen) atoms. The highest BCUT2D eigenvalue weighted by atomic mass is 16.5. The van der Waals surface area contributed by atoms with E-state index in [9.17, 15) is 4.79 Å². The molecule has 0 bridgehead atoms. The molecule has 1 amide bonds. The molecule has 0 aliphatic carbocycles. The van der Waals surface area contributed by atoms with Crippen LogP contribution in [0.4, 0.5) is 0 Å². The second-order valence-electron chi connectivity index (χ2n) is 4.50. The molecule has 0 radical (unpaired) electrons. The van der Waals surface area contributed by atoms with E-state index in [4.69, 9.17) is 4.52 Å². The lowest BCUT2D eigenvalue weighted by Gasteiger charge is -2.13. The molecule has 2 heterocycles. The van der Waals surface area contributed by atoms with Crippen molar-refractivity contribution >= 4 is 5.91 Å². The van der Waals surface area contributed by atoms with Gasteiger partial charge in [0.25, 0.3) is 0 Å². The maximum Gasteiger partial charge on any atom is 0.223 e. The normalized spacial score (nSPS) is 20.7. The fourth-order valence-corrected chi connectivity index (χ4v) is 2.19. The standard InChI is InChI=1S/C11H18N4O2/c1-8-13-10(14-17-8)7-15-4-3-9(6-15)5-11(16)12-2/h9H,3-7H2,1-2H3,(H,12,16). The lowest BCUT2D eigenvalue weighted by Crippen LogP contribution is -2.24. The topological polar surface area (TPSA) is 71.3 Å². The molecule has 1 fully saturated rings. The Bertz CT molecular complexity index is 391. The van der Waals surface area contributed by atoms with E-state index in [0.717, 1.165) is 25.3 Å². The number of amides is 1. The summed E-state index contributed by atoms with van der Waals surface area (Å²) < 4.78 is 4.93. The van der Waals surface area contributed by atoms with Gasteiger partial charge < -0.3 is 9.84 Å². The van der Waals surface area contributed by atoms with Crippen LogP contribution in [0, 0.1) is 12.8 Å². The molecule has 1 N–H and O–H groups in total. The minimum atomic E-state index is 0.118. The first-order chi connectivity index (χ1) is 8.17. The number of rotatable bonds is 4. The maximum atomic E-state index is 11.3. The van der Waals surface area contributed by atoms with Gasteiger partial charge >= 0.3 is 0 Å². The van der Waals surface area contributed by atoms with Crippen LogP contribution in [0.3, 0.4) is 0 Å². The van der Waals surface area contributed by atoms with Gasteiger partial charge in [0.1, 0.15) is 0 Å². The van der Waals surface area contributed by atoms with Crippen LogP contribution >= 0.6 is 0 Å². The molecule has 1 atom stereocenters. The largest absolute Gasteiger partial charge is 0.359 e. The lowest BCUT2D eigenvalue weighted by molar-refractivity contribution is -0.121. The van der Waals surface area contributed by atoms with Crippen molar-refractivity contribution in [1.82, 2.24) is 20.4 Å². The van der Waals surface area contributed by atoms with Crippen LogP contribution in [0.1, 0.15) is 24.6 Å². The fraction of sp³-hybridized carbons (Fsp3) is 0.727. The maximum absolute atomic E-state index is 11.3. The zero-order valence-corrected chi connectivity index (χ0v) is 10.3. The van der Waals surface area contributed by atoms with Gasteiger partial charge in [0.2, 0.25) is 11.8 Å². The summed E-state index contributed by atoms with van der Waals surface area (Å²) in [6.45, 7) is 4.42. The first-order valence-electron chi connectivity index (χ1n) is 5.89. The third kappa shape index (κ3) is 3.26. The van der Waals surface area contributed by atoms with Gasteiger partial charge in [0, 0.05) is 26.9 Å². The fourth-order valence-electron chi connectivity index (χ4n) is 2.19. The summed E-state index contributed by atoms with van der Waals surface area (Å²) in [4.78, 5) is 17.7. The molecule has 94 valence electrons. The third-order valence-corrected chi connectivity index (χ3v) is 3.06. The smallest absolute Gasteiger partial charge is 0.223 e. The van der Waals surface area contributed by atoms with Crippen molar-refractivity contribution in [3.05, 3.63) is 11.7 Å². The summed E-state index contributed by atoms with van der Waals surface area (Å²) in [5.74, 6) is 1.89. The van der Waals surface area contributed by atoms with Crippen LogP contribution in [0.5, 0.6) is 0 Å². The van der Waals surface area contributed by atoms with E-state index in [-0.39, 0.29) is 5.91 Å². The van der Waals surface area contributed by atoms with Crippen molar-refractivity contribution in [3.63, 3.8) is 0 Å². The molecule has 1 saturated heterocycles. The van der Waals surface area contributed by atoms with E-state index >= 15 is 0 Å². The molecule has 1 aliphatic heterocycles. The molecular weight excluding hydrogens is 220 g/mol. The van der Waals surface area contributed by atoms with Crippen molar-refractivity contribution in [3.8, 4) is 0 Å². The zero-order valence-electron chi connectivity index (χ0n) is 10.3. The SMILES string of the molecule is CNC(=O)CC1CCN(Cc2noc(C)n2)C1. The Hall–Kier alpha value is -1.43. The molecule has 0 saturated carbocycles. The number of carbonyl (C=O) groups excluding carboxylic acids is 1. The van der Waals surface area contributed by atoms with Crippen LogP contribution in [0.2, 0.25) is 0 Å². The molecule has 1 aromatic rings. The minimum Gasteiger partial charge on any atom is -0.359 e. The second kappa shape index (κ2) is 5.27. The molecule has 2 rings (SSSR count). The Kier molecular flexibility index (Phi) is 3.73. The quantitative estimate of drug-likeness (QED) is 0.818. The van der Waals surface area contributed by atoms with Crippen molar-refractivity contribution in [2.75, 3.05) is 20.1 Å².